The second kappa shape index (κ2) is 5.06. The summed E-state index contributed by atoms with van der Waals surface area (Å²) in [5.41, 5.74) is 8.31. The Morgan fingerprint density at radius 3 is 2.72 bits per heavy atom. The van der Waals surface area contributed by atoms with Gasteiger partial charge in [0.15, 0.2) is 0 Å². The molecule has 0 bridgehead atoms. The summed E-state index contributed by atoms with van der Waals surface area (Å²) in [5, 5.41) is 3.11. The summed E-state index contributed by atoms with van der Waals surface area (Å²) in [4.78, 5) is 15.9. The van der Waals surface area contributed by atoms with Crippen LogP contribution in [0.4, 0.5) is 11.4 Å². The Morgan fingerprint density at radius 1 is 1.33 bits per heavy atom. The first kappa shape index (κ1) is 12.4. The summed E-state index contributed by atoms with van der Waals surface area (Å²) in [6.07, 6.45) is 1.50. The van der Waals surface area contributed by atoms with E-state index in [9.17, 15) is 4.79 Å². The lowest BCUT2D eigenvalue weighted by Gasteiger charge is -2.06. The fourth-order valence-corrected chi connectivity index (χ4v) is 1.71. The number of nitrogens with one attached hydrogen (secondary N) is 1. The van der Waals surface area contributed by atoms with Crippen molar-refractivity contribution in [2.75, 3.05) is 11.1 Å². The van der Waals surface area contributed by atoms with E-state index < -0.39 is 0 Å². The number of pyridine rings is 1. The van der Waals surface area contributed by atoms with Crippen LogP contribution in [0.2, 0.25) is 5.15 Å². The highest BCUT2D eigenvalue weighted by atomic mass is 35.5. The van der Waals surface area contributed by atoms with Crippen LogP contribution in [0.15, 0.2) is 36.5 Å². The summed E-state index contributed by atoms with van der Waals surface area (Å²) < 4.78 is 0. The monoisotopic (exact) mass is 261 g/mol. The third-order valence-corrected chi connectivity index (χ3v) is 2.57. The number of benzene rings is 1. The van der Waals surface area contributed by atoms with Crippen molar-refractivity contribution in [3.63, 3.8) is 0 Å². The van der Waals surface area contributed by atoms with Crippen LogP contribution < -0.4 is 11.1 Å². The fraction of sp³-hybridized carbons (Fsp3) is 0.0769. The van der Waals surface area contributed by atoms with Crippen LogP contribution in [0.1, 0.15) is 15.9 Å². The van der Waals surface area contributed by atoms with Gasteiger partial charge in [-0.3, -0.25) is 4.79 Å². The van der Waals surface area contributed by atoms with Crippen molar-refractivity contribution in [2.45, 2.75) is 6.92 Å². The number of nitrogen functional groups attached to an aromatic ring is 1. The van der Waals surface area contributed by atoms with E-state index in [2.05, 4.69) is 10.3 Å². The van der Waals surface area contributed by atoms with Crippen molar-refractivity contribution in [1.82, 2.24) is 4.98 Å². The first-order chi connectivity index (χ1) is 8.54. The molecule has 4 nitrogen and oxygen atoms in total. The lowest BCUT2D eigenvalue weighted by atomic mass is 10.1. The normalized spacial score (nSPS) is 10.1. The van der Waals surface area contributed by atoms with Crippen molar-refractivity contribution in [2.24, 2.45) is 0 Å². The zero-order valence-corrected chi connectivity index (χ0v) is 10.5. The molecule has 0 aliphatic rings. The molecule has 3 N–H and O–H groups in total. The maximum atomic E-state index is 12.0. The molecule has 0 unspecified atom stereocenters. The summed E-state index contributed by atoms with van der Waals surface area (Å²) in [5.74, 6) is -0.227. The number of amides is 1. The Bertz CT molecular complexity index is 561. The SMILES string of the molecule is Cc1cc(N)cc(C(=O)Nc2ccc(Cl)nc2)c1. The molecule has 0 aliphatic carbocycles. The number of aryl methyl sites for hydroxylation is 1. The standard InChI is InChI=1S/C13H12ClN3O/c1-8-4-9(6-10(15)5-8)13(18)17-11-2-3-12(14)16-7-11/h2-7H,15H2,1H3,(H,17,18). The fourth-order valence-electron chi connectivity index (χ4n) is 1.60. The zero-order valence-electron chi connectivity index (χ0n) is 9.77. The first-order valence-electron chi connectivity index (χ1n) is 5.34. The van der Waals surface area contributed by atoms with Gasteiger partial charge in [-0.15, -0.1) is 0 Å². The number of carbonyl (C=O) groups excluding carboxylic acids is 1. The minimum Gasteiger partial charge on any atom is -0.399 e. The van der Waals surface area contributed by atoms with Gasteiger partial charge >= 0.3 is 0 Å². The molecule has 5 heteroatoms. The van der Waals surface area contributed by atoms with Gasteiger partial charge in [-0.25, -0.2) is 4.98 Å². The first-order valence-corrected chi connectivity index (χ1v) is 5.72. The van der Waals surface area contributed by atoms with Gasteiger partial charge in [-0.05, 0) is 42.8 Å². The minimum atomic E-state index is -0.227. The van der Waals surface area contributed by atoms with Crippen molar-refractivity contribution in [1.29, 1.82) is 0 Å². The Balaban J connectivity index is 2.19. The molecule has 2 rings (SSSR count). The summed E-state index contributed by atoms with van der Waals surface area (Å²) in [7, 11) is 0. The van der Waals surface area contributed by atoms with Crippen LogP contribution in [0.3, 0.4) is 0 Å². The van der Waals surface area contributed by atoms with Crippen LogP contribution >= 0.6 is 11.6 Å². The van der Waals surface area contributed by atoms with Gasteiger partial charge in [0, 0.05) is 11.3 Å². The van der Waals surface area contributed by atoms with E-state index in [1.54, 1.807) is 30.3 Å². The maximum Gasteiger partial charge on any atom is 0.255 e. The van der Waals surface area contributed by atoms with E-state index >= 15 is 0 Å². The van der Waals surface area contributed by atoms with Gasteiger partial charge in [0.25, 0.3) is 5.91 Å². The van der Waals surface area contributed by atoms with Crippen LogP contribution in [-0.4, -0.2) is 10.9 Å². The van der Waals surface area contributed by atoms with Gasteiger partial charge in [0.2, 0.25) is 0 Å². The van der Waals surface area contributed by atoms with Crippen LogP contribution in [0.25, 0.3) is 0 Å². The highest BCUT2D eigenvalue weighted by Gasteiger charge is 2.07. The number of anilines is 2. The Kier molecular flexibility index (Phi) is 3.48. The van der Waals surface area contributed by atoms with Crippen LogP contribution in [0.5, 0.6) is 0 Å². The Hall–Kier alpha value is -2.07. The number of halogens is 1. The number of nitrogens with zero attached hydrogens (tertiary/aromatic N) is 1. The summed E-state index contributed by atoms with van der Waals surface area (Å²) in [6, 6.07) is 8.51. The number of nitrogens with two attached hydrogens (primary N) is 1. The highest BCUT2D eigenvalue weighted by molar-refractivity contribution is 6.29. The Labute approximate surface area is 110 Å². The number of carbonyl (C=O) groups is 1. The molecular formula is C13H12ClN3O. The quantitative estimate of drug-likeness (QED) is 0.645. The number of aromatic nitrogens is 1. The molecular weight excluding hydrogens is 250 g/mol. The lowest BCUT2D eigenvalue weighted by molar-refractivity contribution is 0.102. The van der Waals surface area contributed by atoms with E-state index in [0.29, 0.717) is 22.1 Å². The van der Waals surface area contributed by atoms with Gasteiger partial charge < -0.3 is 11.1 Å². The molecule has 92 valence electrons. The maximum absolute atomic E-state index is 12.0. The van der Waals surface area contributed by atoms with Crippen LogP contribution in [0, 0.1) is 6.92 Å². The van der Waals surface area contributed by atoms with Gasteiger partial charge in [0.1, 0.15) is 5.15 Å². The molecule has 1 amide bonds. The largest absolute Gasteiger partial charge is 0.399 e. The number of hydrogen-bond donors (Lipinski definition) is 2. The van der Waals surface area contributed by atoms with E-state index in [1.165, 1.54) is 6.20 Å². The zero-order chi connectivity index (χ0) is 13.1. The van der Waals surface area contributed by atoms with E-state index in [0.717, 1.165) is 5.56 Å². The predicted octanol–water partition coefficient (Wildman–Crippen LogP) is 2.88. The minimum absolute atomic E-state index is 0.227. The molecule has 1 aromatic heterocycles. The molecule has 1 heterocycles. The van der Waals surface area contributed by atoms with E-state index in [4.69, 9.17) is 17.3 Å². The van der Waals surface area contributed by atoms with E-state index in [-0.39, 0.29) is 5.91 Å². The predicted molar refractivity (Wildman–Crippen MR) is 72.8 cm³/mol. The van der Waals surface area contributed by atoms with Crippen molar-refractivity contribution >= 4 is 28.9 Å². The van der Waals surface area contributed by atoms with Crippen LogP contribution in [-0.2, 0) is 0 Å². The second-order valence-corrected chi connectivity index (χ2v) is 4.34. The molecule has 2 aromatic rings. The highest BCUT2D eigenvalue weighted by Crippen LogP contribution is 2.14. The third-order valence-electron chi connectivity index (χ3n) is 2.35. The second-order valence-electron chi connectivity index (χ2n) is 3.96. The Morgan fingerprint density at radius 2 is 2.11 bits per heavy atom. The summed E-state index contributed by atoms with van der Waals surface area (Å²) >= 11 is 5.67. The third kappa shape index (κ3) is 2.99. The van der Waals surface area contributed by atoms with Gasteiger partial charge in [0.05, 0.1) is 11.9 Å². The molecule has 0 spiro atoms. The molecule has 0 radical (unpaired) electrons. The van der Waals surface area contributed by atoms with Crippen molar-refractivity contribution < 1.29 is 4.79 Å². The molecule has 0 saturated carbocycles. The number of hydrogen-bond acceptors (Lipinski definition) is 3. The van der Waals surface area contributed by atoms with Crippen molar-refractivity contribution in [3.05, 3.63) is 52.8 Å². The summed E-state index contributed by atoms with van der Waals surface area (Å²) in [6.45, 7) is 1.89. The molecule has 0 saturated heterocycles. The molecule has 0 atom stereocenters. The number of rotatable bonds is 2. The van der Waals surface area contributed by atoms with Crippen molar-refractivity contribution in [3.8, 4) is 0 Å². The van der Waals surface area contributed by atoms with Gasteiger partial charge in [-0.2, -0.15) is 0 Å². The molecule has 18 heavy (non-hydrogen) atoms. The average molecular weight is 262 g/mol. The molecule has 0 fully saturated rings. The topological polar surface area (TPSA) is 68.0 Å². The van der Waals surface area contributed by atoms with Gasteiger partial charge in [-0.1, -0.05) is 11.6 Å². The molecule has 0 aliphatic heterocycles. The average Bonchev–Trinajstić information content (AvgIpc) is 2.31. The van der Waals surface area contributed by atoms with E-state index in [1.807, 2.05) is 6.92 Å². The lowest BCUT2D eigenvalue weighted by Crippen LogP contribution is -2.12. The molecule has 1 aromatic carbocycles. The smallest absolute Gasteiger partial charge is 0.255 e.